The van der Waals surface area contributed by atoms with Crippen LogP contribution in [0.4, 0.5) is 0 Å². The molecule has 0 bridgehead atoms. The van der Waals surface area contributed by atoms with Crippen LogP contribution in [0.3, 0.4) is 0 Å². The third-order valence-corrected chi connectivity index (χ3v) is 4.08. The number of aryl methyl sites for hydroxylation is 1. The molecule has 0 aliphatic carbocycles. The van der Waals surface area contributed by atoms with E-state index in [2.05, 4.69) is 65.1 Å². The van der Waals surface area contributed by atoms with Crippen LogP contribution in [-0.2, 0) is 6.42 Å². The Morgan fingerprint density at radius 3 is 2.73 bits per heavy atom. The Kier molecular flexibility index (Phi) is 7.50. The summed E-state index contributed by atoms with van der Waals surface area (Å²) in [6.07, 6.45) is 16.7. The molecule has 0 fully saturated rings. The van der Waals surface area contributed by atoms with Crippen LogP contribution >= 0.6 is 0 Å². The first-order valence-electron chi connectivity index (χ1n) is 8.58. The highest BCUT2D eigenvalue weighted by atomic mass is 14.7. The maximum atomic E-state index is 4.50. The van der Waals surface area contributed by atoms with E-state index >= 15 is 0 Å². The van der Waals surface area contributed by atoms with E-state index in [1.165, 1.54) is 16.7 Å². The lowest BCUT2D eigenvalue weighted by Gasteiger charge is -2.05. The largest absolute Gasteiger partial charge is 0.261 e. The molecule has 1 aromatic carbocycles. The van der Waals surface area contributed by atoms with Crippen molar-refractivity contribution in [3.05, 3.63) is 109 Å². The second-order valence-electron chi connectivity index (χ2n) is 5.86. The highest BCUT2D eigenvalue weighted by Gasteiger charge is 2.06. The number of hydrogen-bond acceptors (Lipinski definition) is 2. The summed E-state index contributed by atoms with van der Waals surface area (Å²) in [5, 5.41) is 0. The lowest BCUT2D eigenvalue weighted by molar-refractivity contribution is 0.943. The lowest BCUT2D eigenvalue weighted by atomic mass is 10.0. The molecular formula is C24H26N2. The number of hydrogen-bond donors (Lipinski definition) is 0. The van der Waals surface area contributed by atoms with Crippen LogP contribution in [0.5, 0.6) is 0 Å². The molecule has 0 radical (unpaired) electrons. The van der Waals surface area contributed by atoms with Gasteiger partial charge in [0.05, 0.1) is 5.71 Å². The number of aromatic nitrogens is 1. The molecule has 0 saturated carbocycles. The zero-order chi connectivity index (χ0) is 17.3. The van der Waals surface area contributed by atoms with Crippen molar-refractivity contribution in [2.45, 2.75) is 26.7 Å². The quantitative estimate of drug-likeness (QED) is 0.551. The van der Waals surface area contributed by atoms with Crippen LogP contribution < -0.4 is 0 Å². The average molecular weight is 342 g/mol. The SMILES string of the molecule is C.C=C/C=C\C(=C/CCc1cc(C2=NC=CC2)ccn1)c1ccccc1. The first kappa shape index (κ1) is 19.3. The van der Waals surface area contributed by atoms with Gasteiger partial charge in [-0.2, -0.15) is 0 Å². The minimum atomic E-state index is 0. The Bertz CT molecular complexity index is 840. The minimum absolute atomic E-state index is 0. The highest BCUT2D eigenvalue weighted by Crippen LogP contribution is 2.18. The van der Waals surface area contributed by atoms with Gasteiger partial charge in [0.25, 0.3) is 0 Å². The molecule has 0 spiro atoms. The van der Waals surface area contributed by atoms with Crippen molar-refractivity contribution >= 4 is 11.3 Å². The van der Waals surface area contributed by atoms with Gasteiger partial charge in [-0.3, -0.25) is 9.98 Å². The van der Waals surface area contributed by atoms with Crippen molar-refractivity contribution in [2.24, 2.45) is 4.99 Å². The molecule has 1 aromatic heterocycles. The van der Waals surface area contributed by atoms with E-state index in [-0.39, 0.29) is 7.43 Å². The third kappa shape index (κ3) is 5.25. The monoisotopic (exact) mass is 342 g/mol. The predicted octanol–water partition coefficient (Wildman–Crippen LogP) is 6.18. The molecule has 2 heterocycles. The Hall–Kier alpha value is -3.00. The Labute approximate surface area is 157 Å². The van der Waals surface area contributed by atoms with Crippen LogP contribution in [0.25, 0.3) is 5.57 Å². The fourth-order valence-corrected chi connectivity index (χ4v) is 2.81. The third-order valence-electron chi connectivity index (χ3n) is 4.08. The Morgan fingerprint density at radius 1 is 1.15 bits per heavy atom. The van der Waals surface area contributed by atoms with Crippen LogP contribution in [0.1, 0.15) is 37.1 Å². The van der Waals surface area contributed by atoms with Crippen LogP contribution in [0.15, 0.2) is 96.8 Å². The van der Waals surface area contributed by atoms with Crippen molar-refractivity contribution < 1.29 is 0 Å². The average Bonchev–Trinajstić information content (AvgIpc) is 3.20. The summed E-state index contributed by atoms with van der Waals surface area (Å²) in [4.78, 5) is 8.91. The molecule has 3 rings (SSSR count). The Balaban J connectivity index is 0.00000243. The maximum Gasteiger partial charge on any atom is 0.0515 e. The van der Waals surface area contributed by atoms with Gasteiger partial charge in [-0.25, -0.2) is 0 Å². The molecule has 0 saturated heterocycles. The van der Waals surface area contributed by atoms with E-state index in [1.807, 2.05) is 30.6 Å². The summed E-state index contributed by atoms with van der Waals surface area (Å²) < 4.78 is 0. The smallest absolute Gasteiger partial charge is 0.0515 e. The van der Waals surface area contributed by atoms with E-state index in [1.54, 1.807) is 6.08 Å². The van der Waals surface area contributed by atoms with Gasteiger partial charge < -0.3 is 0 Å². The molecule has 1 aliphatic rings. The van der Waals surface area contributed by atoms with Gasteiger partial charge in [0, 0.05) is 24.5 Å². The normalized spacial score (nSPS) is 13.5. The molecular weight excluding hydrogens is 316 g/mol. The predicted molar refractivity (Wildman–Crippen MR) is 113 cm³/mol. The molecule has 2 nitrogen and oxygen atoms in total. The molecule has 0 unspecified atom stereocenters. The van der Waals surface area contributed by atoms with E-state index in [9.17, 15) is 0 Å². The first-order chi connectivity index (χ1) is 12.4. The van der Waals surface area contributed by atoms with Crippen LogP contribution in [-0.4, -0.2) is 10.7 Å². The van der Waals surface area contributed by atoms with Gasteiger partial charge in [-0.1, -0.05) is 74.7 Å². The molecule has 0 amide bonds. The molecule has 1 aliphatic heterocycles. The number of benzene rings is 1. The summed E-state index contributed by atoms with van der Waals surface area (Å²) in [7, 11) is 0. The summed E-state index contributed by atoms with van der Waals surface area (Å²) >= 11 is 0. The van der Waals surface area contributed by atoms with Gasteiger partial charge in [0.15, 0.2) is 0 Å². The second-order valence-corrected chi connectivity index (χ2v) is 5.86. The number of rotatable bonds is 7. The van der Waals surface area contributed by atoms with E-state index in [0.717, 1.165) is 30.7 Å². The van der Waals surface area contributed by atoms with Crippen LogP contribution in [0, 0.1) is 0 Å². The zero-order valence-electron chi connectivity index (χ0n) is 14.3. The fraction of sp³-hybridized carbons (Fsp3) is 0.167. The Morgan fingerprint density at radius 2 is 2.00 bits per heavy atom. The van der Waals surface area contributed by atoms with Gasteiger partial charge in [-0.15, -0.1) is 0 Å². The number of allylic oxidation sites excluding steroid dienone is 6. The topological polar surface area (TPSA) is 25.2 Å². The van der Waals surface area contributed by atoms with Gasteiger partial charge in [0.2, 0.25) is 0 Å². The molecule has 0 N–H and O–H groups in total. The number of nitrogens with zero attached hydrogens (tertiary/aromatic N) is 2. The maximum absolute atomic E-state index is 4.50. The van der Waals surface area contributed by atoms with Crippen molar-refractivity contribution in [1.82, 2.24) is 4.98 Å². The molecule has 132 valence electrons. The highest BCUT2D eigenvalue weighted by molar-refractivity contribution is 6.02. The fourth-order valence-electron chi connectivity index (χ4n) is 2.81. The summed E-state index contributed by atoms with van der Waals surface area (Å²) in [5.74, 6) is 0. The van der Waals surface area contributed by atoms with Crippen molar-refractivity contribution in [3.63, 3.8) is 0 Å². The molecule has 0 atom stereocenters. The van der Waals surface area contributed by atoms with Crippen LogP contribution in [0.2, 0.25) is 0 Å². The van der Waals surface area contributed by atoms with Gasteiger partial charge in [-0.05, 0) is 41.7 Å². The summed E-state index contributed by atoms with van der Waals surface area (Å²) in [5.41, 5.74) is 5.82. The van der Waals surface area contributed by atoms with Gasteiger partial charge >= 0.3 is 0 Å². The second kappa shape index (κ2) is 10.1. The first-order valence-corrected chi connectivity index (χ1v) is 8.58. The molecule has 2 aromatic rings. The van der Waals surface area contributed by atoms with Crippen molar-refractivity contribution in [2.75, 3.05) is 0 Å². The standard InChI is InChI=1S/C23H22N2.CH4/c1-2-3-9-19(20-10-5-4-6-11-20)12-7-13-22-18-21(15-17-24-22)23-14-8-16-25-23;/h2-6,8-12,15-18H,1,7,13-14H2;1H4/b9-3-,19-12+;. The minimum Gasteiger partial charge on any atom is -0.261 e. The summed E-state index contributed by atoms with van der Waals surface area (Å²) in [6, 6.07) is 14.6. The number of aliphatic imine (C=N–C) groups is 1. The van der Waals surface area contributed by atoms with Gasteiger partial charge in [0.1, 0.15) is 0 Å². The van der Waals surface area contributed by atoms with E-state index in [4.69, 9.17) is 0 Å². The van der Waals surface area contributed by atoms with E-state index < -0.39 is 0 Å². The number of pyridine rings is 1. The van der Waals surface area contributed by atoms with Crippen molar-refractivity contribution in [1.29, 1.82) is 0 Å². The zero-order valence-corrected chi connectivity index (χ0v) is 14.3. The molecule has 26 heavy (non-hydrogen) atoms. The molecule has 2 heteroatoms. The van der Waals surface area contributed by atoms with Crippen molar-refractivity contribution in [3.8, 4) is 0 Å². The summed E-state index contributed by atoms with van der Waals surface area (Å²) in [6.45, 7) is 3.76. The van der Waals surface area contributed by atoms with E-state index in [0.29, 0.717) is 0 Å². The lowest BCUT2D eigenvalue weighted by Crippen LogP contribution is -1.99.